The van der Waals surface area contributed by atoms with Gasteiger partial charge in [-0.3, -0.25) is 0 Å². The highest BCUT2D eigenvalue weighted by Gasteiger charge is 2.02. The van der Waals surface area contributed by atoms with Crippen LogP contribution in [0.3, 0.4) is 0 Å². The lowest BCUT2D eigenvalue weighted by molar-refractivity contribution is 0.198. The molecule has 3 nitrogen and oxygen atoms in total. The maximum absolute atomic E-state index is 9.48. The van der Waals surface area contributed by atoms with Gasteiger partial charge in [-0.15, -0.1) is 0 Å². The molecule has 0 heterocycles. The van der Waals surface area contributed by atoms with Crippen molar-refractivity contribution in [3.8, 4) is 11.5 Å². The van der Waals surface area contributed by atoms with E-state index in [0.717, 1.165) is 16.9 Å². The van der Waals surface area contributed by atoms with Crippen molar-refractivity contribution in [2.24, 2.45) is 0 Å². The molecule has 2 N–H and O–H groups in total. The number of rotatable bonds is 4. The van der Waals surface area contributed by atoms with Crippen LogP contribution in [0, 0.1) is 0 Å². The Morgan fingerprint density at radius 3 is 2.50 bits per heavy atom. The standard InChI is InChI=1S/C15H16O3/c1-11(16)13-3-2-4-15(9-13)18-10-12-5-7-14(17)8-6-12/h2-9,11,16-17H,10H2,1H3/t11-/m1/s1. The van der Waals surface area contributed by atoms with E-state index < -0.39 is 6.10 Å². The molecule has 0 amide bonds. The van der Waals surface area contributed by atoms with E-state index in [1.54, 1.807) is 19.1 Å². The molecule has 0 unspecified atom stereocenters. The van der Waals surface area contributed by atoms with Crippen LogP contribution in [0.1, 0.15) is 24.2 Å². The first kappa shape index (κ1) is 12.5. The van der Waals surface area contributed by atoms with Crippen LogP contribution in [0.5, 0.6) is 11.5 Å². The molecule has 18 heavy (non-hydrogen) atoms. The van der Waals surface area contributed by atoms with Gasteiger partial charge in [0.2, 0.25) is 0 Å². The van der Waals surface area contributed by atoms with Gasteiger partial charge >= 0.3 is 0 Å². The average Bonchev–Trinajstić information content (AvgIpc) is 2.38. The number of aliphatic hydroxyl groups excluding tert-OH is 1. The van der Waals surface area contributed by atoms with Gasteiger partial charge in [-0.05, 0) is 42.3 Å². The molecule has 0 fully saturated rings. The van der Waals surface area contributed by atoms with E-state index in [4.69, 9.17) is 4.74 Å². The summed E-state index contributed by atoms with van der Waals surface area (Å²) < 4.78 is 5.63. The van der Waals surface area contributed by atoms with E-state index in [9.17, 15) is 10.2 Å². The zero-order valence-corrected chi connectivity index (χ0v) is 10.2. The Kier molecular flexibility index (Phi) is 3.85. The van der Waals surface area contributed by atoms with Crippen molar-refractivity contribution in [3.63, 3.8) is 0 Å². The van der Waals surface area contributed by atoms with E-state index in [2.05, 4.69) is 0 Å². The molecule has 0 radical (unpaired) electrons. The molecule has 94 valence electrons. The van der Waals surface area contributed by atoms with Gasteiger partial charge in [0.15, 0.2) is 0 Å². The van der Waals surface area contributed by atoms with E-state index in [1.165, 1.54) is 0 Å². The number of phenolic OH excluding ortho intramolecular Hbond substituents is 1. The molecule has 0 bridgehead atoms. The third-order valence-corrected chi connectivity index (χ3v) is 2.68. The summed E-state index contributed by atoms with van der Waals surface area (Å²) in [5.41, 5.74) is 1.81. The van der Waals surface area contributed by atoms with Gasteiger partial charge in [-0.25, -0.2) is 0 Å². The summed E-state index contributed by atoms with van der Waals surface area (Å²) in [7, 11) is 0. The third-order valence-electron chi connectivity index (χ3n) is 2.68. The SMILES string of the molecule is C[C@@H](O)c1cccc(OCc2ccc(O)cc2)c1. The Bertz CT molecular complexity index is 503. The minimum absolute atomic E-state index is 0.245. The quantitative estimate of drug-likeness (QED) is 0.869. The van der Waals surface area contributed by atoms with Crippen LogP contribution in [0.4, 0.5) is 0 Å². The molecule has 0 aromatic heterocycles. The molecule has 0 saturated heterocycles. The zero-order valence-electron chi connectivity index (χ0n) is 10.2. The number of ether oxygens (including phenoxy) is 1. The molecule has 2 aromatic rings. The van der Waals surface area contributed by atoms with Crippen molar-refractivity contribution < 1.29 is 14.9 Å². The van der Waals surface area contributed by atoms with Crippen LogP contribution in [0.25, 0.3) is 0 Å². The number of hydrogen-bond donors (Lipinski definition) is 2. The number of benzene rings is 2. The fraction of sp³-hybridized carbons (Fsp3) is 0.200. The molecule has 3 heteroatoms. The number of phenols is 1. The summed E-state index contributed by atoms with van der Waals surface area (Å²) in [6.45, 7) is 2.16. The molecule has 0 saturated carbocycles. The number of aromatic hydroxyl groups is 1. The Hall–Kier alpha value is -2.00. The van der Waals surface area contributed by atoms with Crippen LogP contribution in [0.15, 0.2) is 48.5 Å². The minimum Gasteiger partial charge on any atom is -0.508 e. The molecule has 2 rings (SSSR count). The highest BCUT2D eigenvalue weighted by Crippen LogP contribution is 2.20. The molecule has 2 aromatic carbocycles. The summed E-state index contributed by atoms with van der Waals surface area (Å²) >= 11 is 0. The molecular weight excluding hydrogens is 228 g/mol. The predicted octanol–water partition coefficient (Wildman–Crippen LogP) is 3.02. The second kappa shape index (κ2) is 5.56. The van der Waals surface area contributed by atoms with Crippen molar-refractivity contribution in [2.45, 2.75) is 19.6 Å². The van der Waals surface area contributed by atoms with Crippen LogP contribution >= 0.6 is 0 Å². The molecule has 0 aliphatic carbocycles. The van der Waals surface area contributed by atoms with E-state index in [1.807, 2.05) is 36.4 Å². The average molecular weight is 244 g/mol. The maximum atomic E-state index is 9.48. The Labute approximate surface area is 106 Å². The van der Waals surface area contributed by atoms with E-state index in [-0.39, 0.29) is 5.75 Å². The molecule has 1 atom stereocenters. The van der Waals surface area contributed by atoms with E-state index in [0.29, 0.717) is 6.61 Å². The van der Waals surface area contributed by atoms with Crippen LogP contribution in [0.2, 0.25) is 0 Å². The van der Waals surface area contributed by atoms with Crippen molar-refractivity contribution in [2.75, 3.05) is 0 Å². The number of aliphatic hydroxyl groups is 1. The van der Waals surface area contributed by atoms with Gasteiger partial charge in [-0.2, -0.15) is 0 Å². The second-order valence-electron chi connectivity index (χ2n) is 4.20. The largest absolute Gasteiger partial charge is 0.508 e. The van der Waals surface area contributed by atoms with Crippen LogP contribution < -0.4 is 4.74 Å². The van der Waals surface area contributed by atoms with Crippen molar-refractivity contribution in [1.82, 2.24) is 0 Å². The molecule has 0 aliphatic heterocycles. The van der Waals surface area contributed by atoms with Crippen molar-refractivity contribution in [3.05, 3.63) is 59.7 Å². The Balaban J connectivity index is 2.01. The zero-order chi connectivity index (χ0) is 13.0. The maximum Gasteiger partial charge on any atom is 0.120 e. The summed E-state index contributed by atoms with van der Waals surface area (Å²) in [6, 6.07) is 14.3. The number of hydrogen-bond acceptors (Lipinski definition) is 3. The topological polar surface area (TPSA) is 49.7 Å². The smallest absolute Gasteiger partial charge is 0.120 e. The summed E-state index contributed by atoms with van der Waals surface area (Å²) in [5.74, 6) is 0.969. The molecular formula is C15H16O3. The van der Waals surface area contributed by atoms with Gasteiger partial charge in [0.25, 0.3) is 0 Å². The second-order valence-corrected chi connectivity index (χ2v) is 4.20. The summed E-state index contributed by atoms with van der Waals surface area (Å²) in [4.78, 5) is 0. The lowest BCUT2D eigenvalue weighted by Gasteiger charge is -2.09. The molecule has 0 aliphatic rings. The van der Waals surface area contributed by atoms with E-state index >= 15 is 0 Å². The Morgan fingerprint density at radius 2 is 1.83 bits per heavy atom. The third kappa shape index (κ3) is 3.25. The van der Waals surface area contributed by atoms with Crippen LogP contribution in [-0.4, -0.2) is 10.2 Å². The monoisotopic (exact) mass is 244 g/mol. The first-order valence-electron chi connectivity index (χ1n) is 5.84. The van der Waals surface area contributed by atoms with Crippen molar-refractivity contribution >= 4 is 0 Å². The highest BCUT2D eigenvalue weighted by molar-refractivity contribution is 5.30. The predicted molar refractivity (Wildman–Crippen MR) is 69.5 cm³/mol. The van der Waals surface area contributed by atoms with Gasteiger partial charge in [-0.1, -0.05) is 24.3 Å². The highest BCUT2D eigenvalue weighted by atomic mass is 16.5. The first-order chi connectivity index (χ1) is 8.65. The molecule has 0 spiro atoms. The van der Waals surface area contributed by atoms with Gasteiger partial charge in [0.05, 0.1) is 6.10 Å². The lowest BCUT2D eigenvalue weighted by Crippen LogP contribution is -1.97. The minimum atomic E-state index is -0.498. The van der Waals surface area contributed by atoms with Crippen LogP contribution in [-0.2, 0) is 6.61 Å². The van der Waals surface area contributed by atoms with Crippen molar-refractivity contribution in [1.29, 1.82) is 0 Å². The lowest BCUT2D eigenvalue weighted by atomic mass is 10.1. The Morgan fingerprint density at radius 1 is 1.11 bits per heavy atom. The van der Waals surface area contributed by atoms with Gasteiger partial charge in [0.1, 0.15) is 18.1 Å². The normalized spacial score (nSPS) is 12.1. The fourth-order valence-electron chi connectivity index (χ4n) is 1.62. The van der Waals surface area contributed by atoms with Gasteiger partial charge in [0, 0.05) is 0 Å². The first-order valence-corrected chi connectivity index (χ1v) is 5.84. The summed E-state index contributed by atoms with van der Waals surface area (Å²) in [6.07, 6.45) is -0.498. The fourth-order valence-corrected chi connectivity index (χ4v) is 1.62. The summed E-state index contributed by atoms with van der Waals surface area (Å²) in [5, 5.41) is 18.7. The van der Waals surface area contributed by atoms with Gasteiger partial charge < -0.3 is 14.9 Å².